The van der Waals surface area contributed by atoms with Crippen LogP contribution in [0.4, 0.5) is 0 Å². The molecule has 0 saturated carbocycles. The van der Waals surface area contributed by atoms with Gasteiger partial charge in [-0.2, -0.15) is 0 Å². The van der Waals surface area contributed by atoms with Crippen molar-refractivity contribution in [1.82, 2.24) is 5.32 Å². The van der Waals surface area contributed by atoms with Crippen molar-refractivity contribution in [2.75, 3.05) is 0 Å². The van der Waals surface area contributed by atoms with Crippen LogP contribution in [0.1, 0.15) is 20.3 Å². The molecule has 0 aromatic carbocycles. The van der Waals surface area contributed by atoms with Gasteiger partial charge in [0.2, 0.25) is 0 Å². The molecule has 0 aliphatic heterocycles. The first-order valence-electron chi connectivity index (χ1n) is 4.56. The molecule has 0 atom stereocenters. The van der Waals surface area contributed by atoms with E-state index >= 15 is 0 Å². The van der Waals surface area contributed by atoms with Gasteiger partial charge in [-0.05, 0) is 19.4 Å². The SMILES string of the molecule is C=CC(=N)/C(C=C)=C(/C)NC(=C)CC. The summed E-state index contributed by atoms with van der Waals surface area (Å²) in [6, 6.07) is 0. The molecule has 2 nitrogen and oxygen atoms in total. The normalized spacial score (nSPS) is 11.3. The number of hydrogen-bond donors (Lipinski definition) is 2. The Kier molecular flexibility index (Phi) is 5.30. The van der Waals surface area contributed by atoms with Gasteiger partial charge in [0.15, 0.2) is 0 Å². The molecule has 0 aliphatic carbocycles. The molecule has 14 heavy (non-hydrogen) atoms. The van der Waals surface area contributed by atoms with Crippen LogP contribution in [0.5, 0.6) is 0 Å². The van der Waals surface area contributed by atoms with E-state index in [9.17, 15) is 0 Å². The molecule has 0 spiro atoms. The van der Waals surface area contributed by atoms with Crippen LogP contribution in [-0.4, -0.2) is 5.71 Å². The highest BCUT2D eigenvalue weighted by atomic mass is 14.9. The second-order valence-electron chi connectivity index (χ2n) is 2.94. The van der Waals surface area contributed by atoms with Crippen LogP contribution >= 0.6 is 0 Å². The Hall–Kier alpha value is -1.57. The maximum Gasteiger partial charge on any atom is 0.0623 e. The largest absolute Gasteiger partial charge is 0.362 e. The number of nitrogens with one attached hydrogen (secondary N) is 2. The highest BCUT2D eigenvalue weighted by Crippen LogP contribution is 2.07. The third-order valence-corrected chi connectivity index (χ3v) is 1.89. The van der Waals surface area contributed by atoms with Crippen molar-refractivity contribution in [2.45, 2.75) is 20.3 Å². The van der Waals surface area contributed by atoms with Crippen molar-refractivity contribution in [1.29, 1.82) is 5.41 Å². The van der Waals surface area contributed by atoms with Crippen LogP contribution < -0.4 is 5.32 Å². The highest BCUT2D eigenvalue weighted by molar-refractivity contribution is 6.08. The summed E-state index contributed by atoms with van der Waals surface area (Å²) in [6.45, 7) is 15.0. The maximum absolute atomic E-state index is 7.61. The molecule has 0 unspecified atom stereocenters. The van der Waals surface area contributed by atoms with Crippen LogP contribution in [0.3, 0.4) is 0 Å². The summed E-state index contributed by atoms with van der Waals surface area (Å²) in [5.74, 6) is 0. The molecule has 0 radical (unpaired) electrons. The monoisotopic (exact) mass is 190 g/mol. The Bertz CT molecular complexity index is 295. The van der Waals surface area contributed by atoms with Crippen LogP contribution in [0.2, 0.25) is 0 Å². The van der Waals surface area contributed by atoms with Gasteiger partial charge < -0.3 is 10.7 Å². The predicted octanol–water partition coefficient (Wildman–Crippen LogP) is 3.17. The van der Waals surface area contributed by atoms with E-state index in [-0.39, 0.29) is 0 Å². The minimum Gasteiger partial charge on any atom is -0.362 e. The van der Waals surface area contributed by atoms with Crippen molar-refractivity contribution in [3.8, 4) is 0 Å². The molecule has 0 amide bonds. The lowest BCUT2D eigenvalue weighted by Crippen LogP contribution is -2.13. The van der Waals surface area contributed by atoms with Gasteiger partial charge in [0.1, 0.15) is 0 Å². The molecular weight excluding hydrogens is 172 g/mol. The van der Waals surface area contributed by atoms with E-state index < -0.39 is 0 Å². The third-order valence-electron chi connectivity index (χ3n) is 1.89. The second kappa shape index (κ2) is 5.97. The van der Waals surface area contributed by atoms with Crippen molar-refractivity contribution < 1.29 is 0 Å². The fourth-order valence-corrected chi connectivity index (χ4v) is 0.996. The van der Waals surface area contributed by atoms with Gasteiger partial charge in [-0.3, -0.25) is 0 Å². The smallest absolute Gasteiger partial charge is 0.0623 e. The van der Waals surface area contributed by atoms with Crippen LogP contribution in [-0.2, 0) is 0 Å². The molecule has 76 valence electrons. The minimum atomic E-state index is 0.369. The highest BCUT2D eigenvalue weighted by Gasteiger charge is 2.02. The van der Waals surface area contributed by atoms with E-state index in [0.717, 1.165) is 23.4 Å². The molecule has 0 aromatic heterocycles. The quantitative estimate of drug-likeness (QED) is 0.490. The molecule has 0 aliphatic rings. The molecule has 0 saturated heterocycles. The molecule has 0 heterocycles. The van der Waals surface area contributed by atoms with E-state index in [4.69, 9.17) is 5.41 Å². The zero-order valence-corrected chi connectivity index (χ0v) is 8.98. The zero-order chi connectivity index (χ0) is 11.1. The van der Waals surface area contributed by atoms with Crippen LogP contribution in [0.15, 0.2) is 48.9 Å². The Morgan fingerprint density at radius 1 is 1.36 bits per heavy atom. The van der Waals surface area contributed by atoms with Gasteiger partial charge in [0.25, 0.3) is 0 Å². The fourth-order valence-electron chi connectivity index (χ4n) is 0.996. The van der Waals surface area contributed by atoms with E-state index in [1.165, 1.54) is 6.08 Å². The van der Waals surface area contributed by atoms with Crippen LogP contribution in [0.25, 0.3) is 0 Å². The Morgan fingerprint density at radius 2 is 1.93 bits per heavy atom. The second-order valence-corrected chi connectivity index (χ2v) is 2.94. The lowest BCUT2D eigenvalue weighted by Gasteiger charge is -2.11. The number of hydrogen-bond acceptors (Lipinski definition) is 2. The fraction of sp³-hybridized carbons (Fsp3) is 0.250. The van der Waals surface area contributed by atoms with E-state index in [2.05, 4.69) is 25.1 Å². The zero-order valence-electron chi connectivity index (χ0n) is 8.98. The summed E-state index contributed by atoms with van der Waals surface area (Å²) in [4.78, 5) is 0. The van der Waals surface area contributed by atoms with Gasteiger partial charge in [0, 0.05) is 17.0 Å². The topological polar surface area (TPSA) is 35.9 Å². The van der Waals surface area contributed by atoms with Crippen LogP contribution in [0, 0.1) is 5.41 Å². The molecule has 0 aromatic rings. The Labute approximate surface area is 86.2 Å². The first-order valence-corrected chi connectivity index (χ1v) is 4.56. The minimum absolute atomic E-state index is 0.369. The summed E-state index contributed by atoms with van der Waals surface area (Å²) in [7, 11) is 0. The van der Waals surface area contributed by atoms with Gasteiger partial charge >= 0.3 is 0 Å². The molecule has 0 rings (SSSR count). The lowest BCUT2D eigenvalue weighted by atomic mass is 10.1. The first-order chi connectivity index (χ1) is 6.56. The number of rotatable bonds is 6. The number of allylic oxidation sites excluding steroid dienone is 5. The first kappa shape index (κ1) is 12.4. The standard InChI is InChI=1S/C12H18N2/c1-6-9(4)14-10(5)11(7-2)12(13)8-3/h7-8,13-14H,2-4,6H2,1,5H3/b11-10-,13-12?. The van der Waals surface area contributed by atoms with Crippen molar-refractivity contribution in [3.05, 3.63) is 48.9 Å². The molecule has 2 N–H and O–H groups in total. The van der Waals surface area contributed by atoms with Crippen molar-refractivity contribution in [3.63, 3.8) is 0 Å². The van der Waals surface area contributed by atoms with Gasteiger partial charge in [0.05, 0.1) is 5.71 Å². The molecule has 2 heteroatoms. The summed E-state index contributed by atoms with van der Waals surface area (Å²) in [6.07, 6.45) is 4.01. The van der Waals surface area contributed by atoms with E-state index in [1.54, 1.807) is 6.08 Å². The molecule has 0 bridgehead atoms. The van der Waals surface area contributed by atoms with Gasteiger partial charge in [-0.25, -0.2) is 0 Å². The van der Waals surface area contributed by atoms with E-state index in [1.807, 2.05) is 13.8 Å². The maximum atomic E-state index is 7.61. The van der Waals surface area contributed by atoms with Gasteiger partial charge in [-0.15, -0.1) is 0 Å². The molecular formula is C12H18N2. The average molecular weight is 190 g/mol. The van der Waals surface area contributed by atoms with Crippen molar-refractivity contribution in [2.24, 2.45) is 0 Å². The average Bonchev–Trinajstić information content (AvgIpc) is 2.18. The van der Waals surface area contributed by atoms with Crippen molar-refractivity contribution >= 4 is 5.71 Å². The lowest BCUT2D eigenvalue weighted by molar-refractivity contribution is 0.893. The summed E-state index contributed by atoms with van der Waals surface area (Å²) in [5.41, 5.74) is 2.94. The summed E-state index contributed by atoms with van der Waals surface area (Å²) >= 11 is 0. The third kappa shape index (κ3) is 3.44. The Morgan fingerprint density at radius 3 is 2.29 bits per heavy atom. The predicted molar refractivity (Wildman–Crippen MR) is 63.4 cm³/mol. The summed E-state index contributed by atoms with van der Waals surface area (Å²) < 4.78 is 0. The Balaban J connectivity index is 4.83. The van der Waals surface area contributed by atoms with E-state index in [0.29, 0.717) is 5.71 Å². The molecule has 0 fully saturated rings. The summed E-state index contributed by atoms with van der Waals surface area (Å²) in [5, 5.41) is 10.7. The van der Waals surface area contributed by atoms with Gasteiger partial charge in [-0.1, -0.05) is 32.7 Å².